The van der Waals surface area contributed by atoms with Gasteiger partial charge in [-0.1, -0.05) is 41.5 Å². The summed E-state index contributed by atoms with van der Waals surface area (Å²) in [7, 11) is -2.26. The Balaban J connectivity index is 2.08. The van der Waals surface area contributed by atoms with Crippen LogP contribution in [0.25, 0.3) is 11.2 Å². The minimum atomic E-state index is -2.26. The molecule has 3 N–H and O–H groups in total. The number of ether oxygens (including phenoxy) is 1. The lowest BCUT2D eigenvalue weighted by molar-refractivity contribution is -0.0269. The number of nitrogen functional groups attached to an aromatic ring is 1. The van der Waals surface area contributed by atoms with E-state index in [4.69, 9.17) is 26.5 Å². The van der Waals surface area contributed by atoms with Crippen molar-refractivity contribution in [1.29, 1.82) is 0 Å². The summed E-state index contributed by atoms with van der Waals surface area (Å²) < 4.78 is 14.8. The standard InChI is InChI=1S/C19H32ClN5O3Si/c1-9(2)29(10(3)4,11(5)6)28-15-14(26)12(7)27-18(15)25-8-22-13-16(21)23-19(20)24-17(13)25/h8-12,14-15,18,26H,1-7H3,(H2,21,23,24)/t12-,14-,15-,18-/m1/s1. The summed E-state index contributed by atoms with van der Waals surface area (Å²) in [6.45, 7) is 15.1. The van der Waals surface area contributed by atoms with Crippen molar-refractivity contribution in [1.82, 2.24) is 19.5 Å². The molecule has 0 saturated carbocycles. The van der Waals surface area contributed by atoms with Gasteiger partial charge in [0.15, 0.2) is 17.7 Å². The Bertz CT molecular complexity index is 853. The molecular weight excluding hydrogens is 410 g/mol. The van der Waals surface area contributed by atoms with Crippen LogP contribution < -0.4 is 5.73 Å². The van der Waals surface area contributed by atoms with Crippen molar-refractivity contribution in [3.05, 3.63) is 11.6 Å². The molecule has 0 bridgehead atoms. The molecule has 162 valence electrons. The predicted octanol–water partition coefficient (Wildman–Crippen LogP) is 3.90. The van der Waals surface area contributed by atoms with Crippen molar-refractivity contribution >= 4 is 36.9 Å². The number of aliphatic hydroxyl groups is 1. The molecule has 1 aliphatic rings. The maximum atomic E-state index is 11.0. The maximum absolute atomic E-state index is 11.0. The summed E-state index contributed by atoms with van der Waals surface area (Å²) in [5.41, 5.74) is 7.99. The topological polar surface area (TPSA) is 108 Å². The van der Waals surface area contributed by atoms with Crippen LogP contribution >= 0.6 is 11.6 Å². The Labute approximate surface area is 177 Å². The number of aromatic nitrogens is 4. The molecule has 0 spiro atoms. The fourth-order valence-electron chi connectivity index (χ4n) is 4.91. The van der Waals surface area contributed by atoms with Crippen LogP contribution in [0.5, 0.6) is 0 Å². The van der Waals surface area contributed by atoms with Gasteiger partial charge in [0.25, 0.3) is 0 Å². The summed E-state index contributed by atoms with van der Waals surface area (Å²) in [5.74, 6) is 0.207. The van der Waals surface area contributed by atoms with E-state index in [9.17, 15) is 5.11 Å². The lowest BCUT2D eigenvalue weighted by Crippen LogP contribution is -2.53. The van der Waals surface area contributed by atoms with E-state index >= 15 is 0 Å². The largest absolute Gasteiger partial charge is 0.406 e. The first-order chi connectivity index (χ1) is 13.5. The number of rotatable bonds is 6. The average Bonchev–Trinajstić information content (AvgIpc) is 3.14. The summed E-state index contributed by atoms with van der Waals surface area (Å²) >= 11 is 6.03. The van der Waals surface area contributed by atoms with Gasteiger partial charge in [0.2, 0.25) is 13.6 Å². The van der Waals surface area contributed by atoms with Gasteiger partial charge in [0.05, 0.1) is 12.4 Å². The van der Waals surface area contributed by atoms with Crippen LogP contribution in [0.2, 0.25) is 21.9 Å². The number of aliphatic hydroxyl groups excluding tert-OH is 1. The fourth-order valence-corrected chi connectivity index (χ4v) is 10.6. The lowest BCUT2D eigenvalue weighted by atomic mass is 10.1. The van der Waals surface area contributed by atoms with Crippen molar-refractivity contribution in [3.8, 4) is 0 Å². The van der Waals surface area contributed by atoms with Crippen molar-refractivity contribution in [2.75, 3.05) is 5.73 Å². The Morgan fingerprint density at radius 3 is 2.31 bits per heavy atom. The van der Waals surface area contributed by atoms with E-state index in [0.717, 1.165) is 0 Å². The minimum absolute atomic E-state index is 0.0380. The van der Waals surface area contributed by atoms with Crippen LogP contribution in [0.15, 0.2) is 6.33 Å². The first-order valence-corrected chi connectivity index (χ1v) is 12.7. The van der Waals surface area contributed by atoms with Gasteiger partial charge in [-0.3, -0.25) is 4.57 Å². The Morgan fingerprint density at radius 2 is 1.76 bits per heavy atom. The SMILES string of the molecule is CC(C)[Si](O[C@@H]1[C@H](O)[C@@H](C)O[C@H]1n1cnc2c(N)nc(Cl)nc21)(C(C)C)C(C)C. The molecule has 4 atom stereocenters. The van der Waals surface area contributed by atoms with E-state index in [0.29, 0.717) is 27.8 Å². The zero-order valence-corrected chi connectivity index (χ0v) is 19.9. The Hall–Kier alpha value is -1.26. The fraction of sp³-hybridized carbons (Fsp3) is 0.737. The zero-order chi connectivity index (χ0) is 21.7. The van der Waals surface area contributed by atoms with E-state index in [2.05, 4.69) is 56.5 Å². The maximum Gasteiger partial charge on any atom is 0.226 e. The Kier molecular flexibility index (Phi) is 6.27. The monoisotopic (exact) mass is 441 g/mol. The highest BCUT2D eigenvalue weighted by molar-refractivity contribution is 6.77. The van der Waals surface area contributed by atoms with E-state index in [1.807, 2.05) is 6.92 Å². The molecule has 29 heavy (non-hydrogen) atoms. The van der Waals surface area contributed by atoms with Gasteiger partial charge < -0.3 is 20.0 Å². The molecule has 10 heteroatoms. The molecule has 1 aliphatic heterocycles. The van der Waals surface area contributed by atoms with Crippen LogP contribution in [0.4, 0.5) is 5.82 Å². The smallest absolute Gasteiger partial charge is 0.226 e. The zero-order valence-electron chi connectivity index (χ0n) is 18.1. The molecular formula is C19H32ClN5O3Si. The number of nitrogens with zero attached hydrogens (tertiary/aromatic N) is 4. The molecule has 3 heterocycles. The highest BCUT2D eigenvalue weighted by atomic mass is 35.5. The predicted molar refractivity (Wildman–Crippen MR) is 116 cm³/mol. The van der Waals surface area contributed by atoms with Gasteiger partial charge in [-0.15, -0.1) is 0 Å². The van der Waals surface area contributed by atoms with Crippen LogP contribution in [0.3, 0.4) is 0 Å². The minimum Gasteiger partial charge on any atom is -0.406 e. The molecule has 0 aliphatic carbocycles. The van der Waals surface area contributed by atoms with Gasteiger partial charge >= 0.3 is 0 Å². The van der Waals surface area contributed by atoms with Crippen molar-refractivity contribution in [3.63, 3.8) is 0 Å². The van der Waals surface area contributed by atoms with Gasteiger partial charge in [-0.2, -0.15) is 9.97 Å². The second-order valence-electron chi connectivity index (χ2n) is 8.82. The van der Waals surface area contributed by atoms with E-state index in [1.54, 1.807) is 10.9 Å². The number of hydrogen-bond donors (Lipinski definition) is 2. The van der Waals surface area contributed by atoms with Crippen molar-refractivity contribution in [2.24, 2.45) is 0 Å². The normalized spacial score (nSPS) is 25.8. The number of fused-ring (bicyclic) bond motifs is 1. The molecule has 1 saturated heterocycles. The molecule has 0 aromatic carbocycles. The number of anilines is 1. The second kappa shape index (κ2) is 8.11. The Morgan fingerprint density at radius 1 is 1.17 bits per heavy atom. The summed E-state index contributed by atoms with van der Waals surface area (Å²) in [6, 6.07) is 0. The van der Waals surface area contributed by atoms with Crippen LogP contribution in [0, 0.1) is 0 Å². The number of halogens is 1. The summed E-state index contributed by atoms with van der Waals surface area (Å²) in [6.07, 6.45) is -0.693. The molecule has 3 rings (SSSR count). The molecule has 2 aromatic rings. The summed E-state index contributed by atoms with van der Waals surface area (Å²) in [4.78, 5) is 12.6. The average molecular weight is 442 g/mol. The molecule has 0 radical (unpaired) electrons. The second-order valence-corrected chi connectivity index (χ2v) is 14.6. The van der Waals surface area contributed by atoms with E-state index in [1.165, 1.54) is 0 Å². The van der Waals surface area contributed by atoms with Crippen LogP contribution in [0.1, 0.15) is 54.7 Å². The third-order valence-corrected chi connectivity index (χ3v) is 12.5. The van der Waals surface area contributed by atoms with Crippen molar-refractivity contribution < 1.29 is 14.3 Å². The van der Waals surface area contributed by atoms with Crippen LogP contribution in [-0.2, 0) is 9.16 Å². The first-order valence-electron chi connectivity index (χ1n) is 10.2. The number of hydrogen-bond acceptors (Lipinski definition) is 7. The number of nitrogens with two attached hydrogens (primary N) is 1. The van der Waals surface area contributed by atoms with E-state index in [-0.39, 0.29) is 11.1 Å². The third kappa shape index (κ3) is 3.67. The lowest BCUT2D eigenvalue weighted by Gasteiger charge is -2.45. The molecule has 0 unspecified atom stereocenters. The number of imidazole rings is 1. The van der Waals surface area contributed by atoms with Gasteiger partial charge in [0, 0.05) is 0 Å². The van der Waals surface area contributed by atoms with Gasteiger partial charge in [-0.05, 0) is 35.1 Å². The molecule has 1 fully saturated rings. The van der Waals surface area contributed by atoms with Gasteiger partial charge in [0.1, 0.15) is 17.7 Å². The van der Waals surface area contributed by atoms with Gasteiger partial charge in [-0.25, -0.2) is 4.98 Å². The van der Waals surface area contributed by atoms with Crippen molar-refractivity contribution in [2.45, 2.75) is 89.6 Å². The molecule has 8 nitrogen and oxygen atoms in total. The molecule has 0 amide bonds. The summed E-state index contributed by atoms with van der Waals surface area (Å²) in [5, 5.41) is 11.0. The quantitative estimate of drug-likeness (QED) is 0.516. The first kappa shape index (κ1) is 22.4. The highest BCUT2D eigenvalue weighted by Crippen LogP contribution is 2.46. The van der Waals surface area contributed by atoms with Crippen LogP contribution in [-0.4, -0.2) is 51.3 Å². The third-order valence-electron chi connectivity index (χ3n) is 6.20. The molecule has 2 aromatic heterocycles. The highest BCUT2D eigenvalue weighted by Gasteiger charge is 2.53. The van der Waals surface area contributed by atoms with E-state index < -0.39 is 32.9 Å².